The van der Waals surface area contributed by atoms with Gasteiger partial charge in [-0.25, -0.2) is 4.67 Å². The third kappa shape index (κ3) is 4.81. The minimum atomic E-state index is -1.14. The molecule has 1 aliphatic carbocycles. The Morgan fingerprint density at radius 3 is 2.42 bits per heavy atom. The third-order valence-electron chi connectivity index (χ3n) is 4.63. The third-order valence-corrected chi connectivity index (χ3v) is 10.6. The molecule has 0 aromatic carbocycles. The van der Waals surface area contributed by atoms with Crippen LogP contribution >= 0.6 is 30.1 Å². The maximum absolute atomic E-state index is 8.85. The van der Waals surface area contributed by atoms with Gasteiger partial charge in [-0.2, -0.15) is 5.26 Å². The molecule has 0 bridgehead atoms. The van der Waals surface area contributed by atoms with E-state index in [1.807, 2.05) is 21.6 Å². The maximum Gasteiger partial charge on any atom is 0.259 e. The van der Waals surface area contributed by atoms with Crippen molar-refractivity contribution in [3.05, 3.63) is 0 Å². The second-order valence-electron chi connectivity index (χ2n) is 7.23. The van der Waals surface area contributed by atoms with E-state index in [1.165, 1.54) is 25.7 Å². The first-order chi connectivity index (χ1) is 11.4. The van der Waals surface area contributed by atoms with Gasteiger partial charge in [-0.1, -0.05) is 34.4 Å². The van der Waals surface area contributed by atoms with Crippen LogP contribution in [-0.4, -0.2) is 39.5 Å². The molecule has 3 atom stereocenters. The zero-order chi connectivity index (χ0) is 17.7. The van der Waals surface area contributed by atoms with Gasteiger partial charge in [0, 0.05) is 17.3 Å². The molecule has 7 heteroatoms. The molecule has 1 unspecified atom stereocenters. The van der Waals surface area contributed by atoms with Crippen molar-refractivity contribution in [2.24, 2.45) is 0 Å². The Morgan fingerprint density at radius 1 is 1.25 bits per heavy atom. The Kier molecular flexibility index (Phi) is 8.18. The second kappa shape index (κ2) is 9.44. The Morgan fingerprint density at radius 2 is 1.88 bits per heavy atom. The van der Waals surface area contributed by atoms with Gasteiger partial charge in [0.05, 0.1) is 29.9 Å². The number of nitrogens with zero attached hydrogens (tertiary/aromatic N) is 2. The van der Waals surface area contributed by atoms with E-state index in [0.29, 0.717) is 30.4 Å². The lowest BCUT2D eigenvalue weighted by Crippen LogP contribution is -2.41. The van der Waals surface area contributed by atoms with Crippen LogP contribution in [-0.2, 0) is 9.05 Å². The van der Waals surface area contributed by atoms with Gasteiger partial charge in [0.2, 0.25) is 0 Å². The standard InChI is InChI=1S/C17H31N2O2PS2/c1-13(2)19(14(3)4)22(20-12-8-11-18)21-16-15(5)23-24-17(16)9-6-7-10-17/h13-16H,6-10,12H2,1-5H3/t15-,16+,22?/m0/s1. The van der Waals surface area contributed by atoms with Crippen LogP contribution in [0, 0.1) is 11.3 Å². The minimum absolute atomic E-state index is 0.239. The Labute approximate surface area is 156 Å². The fourth-order valence-corrected chi connectivity index (χ4v) is 9.42. The lowest BCUT2D eigenvalue weighted by Gasteiger charge is -2.40. The fourth-order valence-electron chi connectivity index (χ4n) is 3.61. The van der Waals surface area contributed by atoms with Gasteiger partial charge < -0.3 is 9.05 Å². The van der Waals surface area contributed by atoms with Crippen molar-refractivity contribution >= 4 is 30.1 Å². The molecule has 1 saturated heterocycles. The van der Waals surface area contributed by atoms with Gasteiger partial charge in [-0.3, -0.25) is 0 Å². The normalized spacial score (nSPS) is 27.5. The van der Waals surface area contributed by atoms with Crippen molar-refractivity contribution in [3.63, 3.8) is 0 Å². The van der Waals surface area contributed by atoms with Crippen LogP contribution < -0.4 is 0 Å². The van der Waals surface area contributed by atoms with E-state index in [2.05, 4.69) is 45.4 Å². The first-order valence-corrected chi connectivity index (χ1v) is 12.3. The van der Waals surface area contributed by atoms with E-state index in [4.69, 9.17) is 14.3 Å². The summed E-state index contributed by atoms with van der Waals surface area (Å²) in [6.45, 7) is 11.5. The van der Waals surface area contributed by atoms with Crippen LogP contribution in [0.2, 0.25) is 0 Å². The Bertz CT molecular complexity index is 431. The molecule has 1 heterocycles. The fraction of sp³-hybridized carbons (Fsp3) is 0.941. The second-order valence-corrected chi connectivity index (χ2v) is 11.6. The summed E-state index contributed by atoms with van der Waals surface area (Å²) in [4.78, 5) is 0. The van der Waals surface area contributed by atoms with E-state index < -0.39 is 8.53 Å². The first-order valence-electron chi connectivity index (χ1n) is 9.01. The van der Waals surface area contributed by atoms with Crippen LogP contribution in [0.1, 0.15) is 66.7 Å². The lowest BCUT2D eigenvalue weighted by molar-refractivity contribution is 0.110. The summed E-state index contributed by atoms with van der Waals surface area (Å²) in [5.74, 6) is 0. The van der Waals surface area contributed by atoms with E-state index >= 15 is 0 Å². The summed E-state index contributed by atoms with van der Waals surface area (Å²) in [5, 5.41) is 9.33. The van der Waals surface area contributed by atoms with E-state index in [1.54, 1.807) is 0 Å². The van der Waals surface area contributed by atoms with E-state index in [0.717, 1.165) is 0 Å². The van der Waals surface area contributed by atoms with E-state index in [9.17, 15) is 0 Å². The largest absolute Gasteiger partial charge is 0.321 e. The quantitative estimate of drug-likeness (QED) is 0.299. The van der Waals surface area contributed by atoms with Crippen molar-refractivity contribution < 1.29 is 9.05 Å². The molecule has 0 N–H and O–H groups in total. The van der Waals surface area contributed by atoms with Crippen LogP contribution in [0.15, 0.2) is 0 Å². The number of nitriles is 1. The van der Waals surface area contributed by atoms with Crippen molar-refractivity contribution in [2.75, 3.05) is 6.61 Å². The molecular formula is C17H31N2O2PS2. The van der Waals surface area contributed by atoms with Gasteiger partial charge in [-0.05, 0) is 47.5 Å². The summed E-state index contributed by atoms with van der Waals surface area (Å²) in [6.07, 6.45) is 5.79. The summed E-state index contributed by atoms with van der Waals surface area (Å²) < 4.78 is 15.4. The molecule has 0 amide bonds. The smallest absolute Gasteiger partial charge is 0.259 e. The molecule has 1 spiro atoms. The zero-order valence-corrected chi connectivity index (χ0v) is 18.1. The van der Waals surface area contributed by atoms with Gasteiger partial charge in [0.25, 0.3) is 8.53 Å². The highest BCUT2D eigenvalue weighted by molar-refractivity contribution is 8.77. The molecule has 138 valence electrons. The topological polar surface area (TPSA) is 45.5 Å². The molecule has 0 aromatic rings. The predicted octanol–water partition coefficient (Wildman–Crippen LogP) is 5.74. The van der Waals surface area contributed by atoms with Crippen molar-refractivity contribution in [2.45, 2.75) is 94.9 Å². The Hall–Kier alpha value is 0.500. The SMILES string of the molecule is CC(C)N(C(C)C)P(OCCC#N)O[C@@H]1[C@H](C)SSC12CCCC2. The van der Waals surface area contributed by atoms with Gasteiger partial charge in [0.15, 0.2) is 0 Å². The van der Waals surface area contributed by atoms with E-state index in [-0.39, 0.29) is 10.9 Å². The highest BCUT2D eigenvalue weighted by Crippen LogP contribution is 2.62. The van der Waals surface area contributed by atoms with Crippen molar-refractivity contribution in [1.82, 2.24) is 4.67 Å². The van der Waals surface area contributed by atoms with Crippen LogP contribution in [0.3, 0.4) is 0 Å². The van der Waals surface area contributed by atoms with Gasteiger partial charge >= 0.3 is 0 Å². The summed E-state index contributed by atoms with van der Waals surface area (Å²) in [5.41, 5.74) is 0. The minimum Gasteiger partial charge on any atom is -0.321 e. The Balaban J connectivity index is 2.15. The van der Waals surface area contributed by atoms with Crippen molar-refractivity contribution in [3.8, 4) is 6.07 Å². The van der Waals surface area contributed by atoms with Crippen LogP contribution in [0.5, 0.6) is 0 Å². The number of rotatable bonds is 8. The molecule has 2 aliphatic rings. The maximum atomic E-state index is 8.85. The highest BCUT2D eigenvalue weighted by atomic mass is 33.1. The van der Waals surface area contributed by atoms with Crippen LogP contribution in [0.4, 0.5) is 0 Å². The molecule has 1 aliphatic heterocycles. The highest BCUT2D eigenvalue weighted by Gasteiger charge is 2.52. The monoisotopic (exact) mass is 390 g/mol. The average Bonchev–Trinajstić information content (AvgIpc) is 3.09. The molecular weight excluding hydrogens is 359 g/mol. The molecule has 2 fully saturated rings. The summed E-state index contributed by atoms with van der Waals surface area (Å²) in [6, 6.07) is 2.89. The average molecular weight is 391 g/mol. The molecule has 24 heavy (non-hydrogen) atoms. The molecule has 0 aromatic heterocycles. The van der Waals surface area contributed by atoms with Crippen molar-refractivity contribution in [1.29, 1.82) is 5.26 Å². The molecule has 0 radical (unpaired) electrons. The molecule has 1 saturated carbocycles. The number of hydrogen-bond acceptors (Lipinski definition) is 6. The van der Waals surface area contributed by atoms with Crippen LogP contribution in [0.25, 0.3) is 0 Å². The summed E-state index contributed by atoms with van der Waals surface area (Å²) >= 11 is 0. The van der Waals surface area contributed by atoms with Gasteiger partial charge in [-0.15, -0.1) is 0 Å². The molecule has 4 nitrogen and oxygen atoms in total. The summed E-state index contributed by atoms with van der Waals surface area (Å²) in [7, 11) is 2.88. The van der Waals surface area contributed by atoms with Gasteiger partial charge in [0.1, 0.15) is 0 Å². The number of hydrogen-bond donors (Lipinski definition) is 0. The lowest BCUT2D eigenvalue weighted by atomic mass is 9.97. The first kappa shape index (κ1) is 20.8. The zero-order valence-electron chi connectivity index (χ0n) is 15.5. The molecule has 2 rings (SSSR count). The predicted molar refractivity (Wildman–Crippen MR) is 106 cm³/mol.